The van der Waals surface area contributed by atoms with E-state index in [9.17, 15) is 18.3 Å². The van der Waals surface area contributed by atoms with Gasteiger partial charge in [0.05, 0.1) is 24.6 Å². The molecule has 3 rings (SSSR count). The van der Waals surface area contributed by atoms with Gasteiger partial charge in [-0.15, -0.1) is 0 Å². The predicted molar refractivity (Wildman–Crippen MR) is 120 cm³/mol. The minimum atomic E-state index is -3.68. The van der Waals surface area contributed by atoms with Crippen LogP contribution in [-0.2, 0) is 14.8 Å². The highest BCUT2D eigenvalue weighted by molar-refractivity contribution is 7.92. The van der Waals surface area contributed by atoms with Crippen LogP contribution in [0.2, 0.25) is 5.02 Å². The van der Waals surface area contributed by atoms with Gasteiger partial charge in [-0.25, -0.2) is 8.42 Å². The van der Waals surface area contributed by atoms with Crippen molar-refractivity contribution < 1.29 is 23.1 Å². The Kier molecular flexibility index (Phi) is 7.42. The van der Waals surface area contributed by atoms with E-state index in [1.807, 2.05) is 4.90 Å². The van der Waals surface area contributed by atoms with Crippen molar-refractivity contribution in [3.8, 4) is 11.5 Å². The van der Waals surface area contributed by atoms with Crippen molar-refractivity contribution >= 4 is 33.2 Å². The van der Waals surface area contributed by atoms with Crippen molar-refractivity contribution in [1.29, 1.82) is 0 Å². The minimum Gasteiger partial charge on any atom is -0.457 e. The van der Waals surface area contributed by atoms with Gasteiger partial charge < -0.3 is 15.6 Å². The number of aliphatic hydroxyl groups is 1. The molecule has 1 amide bonds. The van der Waals surface area contributed by atoms with Crippen molar-refractivity contribution in [2.45, 2.75) is 25.0 Å². The summed E-state index contributed by atoms with van der Waals surface area (Å²) in [5, 5.41) is 10.3. The fraction of sp³-hybridized carbons (Fsp3) is 0.381. The Morgan fingerprint density at radius 3 is 2.16 bits per heavy atom. The van der Waals surface area contributed by atoms with E-state index in [1.54, 1.807) is 48.5 Å². The first-order valence-corrected chi connectivity index (χ1v) is 12.1. The van der Waals surface area contributed by atoms with Gasteiger partial charge in [-0.2, -0.15) is 0 Å². The number of ether oxygens (including phenoxy) is 1. The van der Waals surface area contributed by atoms with Crippen molar-refractivity contribution in [3.05, 3.63) is 53.6 Å². The number of aliphatic hydroxyl groups excluding tert-OH is 1. The first-order chi connectivity index (χ1) is 14.6. The molecule has 1 aliphatic rings. The number of nitrogens with zero attached hydrogens (tertiary/aromatic N) is 2. The maximum Gasteiger partial charge on any atom is 0.236 e. The van der Waals surface area contributed by atoms with Gasteiger partial charge in [-0.3, -0.25) is 14.0 Å². The standard InChI is InChI=1S/C21H26ClN3O5S/c1-31(28,29)25(14-20(21(23)27)24-12-10-17(26)11-13-24)16-4-8-19(9-5-16)30-18-6-2-15(22)3-7-18/h2-9,17,20,26H,10-14H2,1H3,(H2,23,27)/t20-/m0/s1. The van der Waals surface area contributed by atoms with E-state index in [0.717, 1.165) is 6.26 Å². The van der Waals surface area contributed by atoms with Crippen LogP contribution in [0.5, 0.6) is 11.5 Å². The Labute approximate surface area is 187 Å². The number of sulfonamides is 1. The van der Waals surface area contributed by atoms with Crippen LogP contribution in [0.1, 0.15) is 12.8 Å². The molecule has 0 bridgehead atoms. The van der Waals surface area contributed by atoms with Crippen LogP contribution in [0.25, 0.3) is 0 Å². The monoisotopic (exact) mass is 467 g/mol. The number of hydrogen-bond donors (Lipinski definition) is 2. The molecule has 2 aromatic rings. The van der Waals surface area contributed by atoms with E-state index < -0.39 is 28.1 Å². The molecular weight excluding hydrogens is 442 g/mol. The highest BCUT2D eigenvalue weighted by atomic mass is 35.5. The summed E-state index contributed by atoms with van der Waals surface area (Å²) in [5.74, 6) is 0.516. The lowest BCUT2D eigenvalue weighted by atomic mass is 10.1. The highest BCUT2D eigenvalue weighted by Crippen LogP contribution is 2.27. The molecule has 10 heteroatoms. The zero-order valence-electron chi connectivity index (χ0n) is 17.1. The summed E-state index contributed by atoms with van der Waals surface area (Å²) in [5.41, 5.74) is 6.00. The molecule has 168 valence electrons. The molecule has 0 radical (unpaired) electrons. The normalized spacial score (nSPS) is 16.6. The number of carbonyl (C=O) groups is 1. The van der Waals surface area contributed by atoms with Crippen LogP contribution in [0.4, 0.5) is 5.69 Å². The Bertz CT molecular complexity index is 991. The number of rotatable bonds is 8. The zero-order chi connectivity index (χ0) is 22.6. The van der Waals surface area contributed by atoms with E-state index in [2.05, 4.69) is 0 Å². The molecule has 8 nitrogen and oxygen atoms in total. The summed E-state index contributed by atoms with van der Waals surface area (Å²) < 4.78 is 31.9. The lowest BCUT2D eigenvalue weighted by molar-refractivity contribution is -0.123. The van der Waals surface area contributed by atoms with Crippen LogP contribution >= 0.6 is 11.6 Å². The Morgan fingerprint density at radius 2 is 1.68 bits per heavy atom. The van der Waals surface area contributed by atoms with Crippen LogP contribution in [-0.4, -0.2) is 62.4 Å². The van der Waals surface area contributed by atoms with Crippen molar-refractivity contribution in [2.75, 3.05) is 30.2 Å². The van der Waals surface area contributed by atoms with Gasteiger partial charge in [0.1, 0.15) is 17.5 Å². The molecule has 1 fully saturated rings. The van der Waals surface area contributed by atoms with Gasteiger partial charge in [0, 0.05) is 18.1 Å². The van der Waals surface area contributed by atoms with Gasteiger partial charge in [0.2, 0.25) is 15.9 Å². The van der Waals surface area contributed by atoms with E-state index in [1.165, 1.54) is 4.31 Å². The summed E-state index contributed by atoms with van der Waals surface area (Å²) in [7, 11) is -3.68. The number of benzene rings is 2. The summed E-state index contributed by atoms with van der Waals surface area (Å²) in [6.07, 6.45) is 1.70. The molecule has 0 aliphatic carbocycles. The fourth-order valence-corrected chi connectivity index (χ4v) is 4.53. The lowest BCUT2D eigenvalue weighted by Crippen LogP contribution is -2.55. The number of carbonyl (C=O) groups excluding carboxylic acids is 1. The van der Waals surface area contributed by atoms with Crippen molar-refractivity contribution in [3.63, 3.8) is 0 Å². The quantitative estimate of drug-likeness (QED) is 0.615. The Hall–Kier alpha value is -2.33. The first kappa shape index (κ1) is 23.3. The fourth-order valence-electron chi connectivity index (χ4n) is 3.49. The van der Waals surface area contributed by atoms with Gasteiger partial charge >= 0.3 is 0 Å². The number of halogens is 1. The summed E-state index contributed by atoms with van der Waals surface area (Å²) in [4.78, 5) is 13.9. The molecule has 0 aromatic heterocycles. The summed E-state index contributed by atoms with van der Waals surface area (Å²) >= 11 is 5.87. The Balaban J connectivity index is 1.78. The number of nitrogens with two attached hydrogens (primary N) is 1. The van der Waals surface area contributed by atoms with Crippen molar-refractivity contribution in [2.24, 2.45) is 5.73 Å². The zero-order valence-corrected chi connectivity index (χ0v) is 18.7. The molecule has 2 aromatic carbocycles. The van der Waals surface area contributed by atoms with Gasteiger partial charge in [0.25, 0.3) is 0 Å². The second kappa shape index (κ2) is 9.86. The third kappa shape index (κ3) is 6.33. The van der Waals surface area contributed by atoms with Gasteiger partial charge in [-0.05, 0) is 61.4 Å². The molecule has 1 atom stereocenters. The third-order valence-electron chi connectivity index (χ3n) is 5.18. The predicted octanol–water partition coefficient (Wildman–Crippen LogP) is 2.21. The topological polar surface area (TPSA) is 113 Å². The van der Waals surface area contributed by atoms with E-state index >= 15 is 0 Å². The first-order valence-electron chi connectivity index (χ1n) is 9.86. The Morgan fingerprint density at radius 1 is 1.16 bits per heavy atom. The molecular formula is C21H26ClN3O5S. The average molecular weight is 468 g/mol. The number of amides is 1. The van der Waals surface area contributed by atoms with Gasteiger partial charge in [0.15, 0.2) is 0 Å². The largest absolute Gasteiger partial charge is 0.457 e. The number of likely N-dealkylation sites (tertiary alicyclic amines) is 1. The van der Waals surface area contributed by atoms with Crippen LogP contribution in [0.15, 0.2) is 48.5 Å². The van der Waals surface area contributed by atoms with E-state index in [4.69, 9.17) is 22.1 Å². The average Bonchev–Trinajstić information content (AvgIpc) is 2.71. The molecule has 31 heavy (non-hydrogen) atoms. The maximum atomic E-state index is 12.5. The smallest absolute Gasteiger partial charge is 0.236 e. The molecule has 1 aliphatic heterocycles. The van der Waals surface area contributed by atoms with Crippen LogP contribution < -0.4 is 14.8 Å². The minimum absolute atomic E-state index is 0.109. The second-order valence-electron chi connectivity index (χ2n) is 7.53. The van der Waals surface area contributed by atoms with Crippen LogP contribution in [0, 0.1) is 0 Å². The van der Waals surface area contributed by atoms with E-state index in [-0.39, 0.29) is 6.54 Å². The third-order valence-corrected chi connectivity index (χ3v) is 6.59. The highest BCUT2D eigenvalue weighted by Gasteiger charge is 2.32. The SMILES string of the molecule is CS(=O)(=O)N(C[C@@H](C(N)=O)N1CCC(O)CC1)c1ccc(Oc2ccc(Cl)cc2)cc1. The number of anilines is 1. The maximum absolute atomic E-state index is 12.5. The second-order valence-corrected chi connectivity index (χ2v) is 9.87. The lowest BCUT2D eigenvalue weighted by Gasteiger charge is -2.37. The van der Waals surface area contributed by atoms with Crippen molar-refractivity contribution in [1.82, 2.24) is 4.90 Å². The summed E-state index contributed by atoms with van der Waals surface area (Å²) in [6.45, 7) is 0.835. The molecule has 0 saturated carbocycles. The molecule has 1 heterocycles. The summed E-state index contributed by atoms with van der Waals surface area (Å²) in [6, 6.07) is 12.6. The molecule has 0 unspecified atom stereocenters. The molecule has 0 spiro atoms. The molecule has 3 N–H and O–H groups in total. The van der Waals surface area contributed by atoms with E-state index in [0.29, 0.717) is 48.1 Å². The number of hydrogen-bond acceptors (Lipinski definition) is 6. The molecule has 1 saturated heterocycles. The van der Waals surface area contributed by atoms with Gasteiger partial charge in [-0.1, -0.05) is 11.6 Å². The number of piperidine rings is 1. The van der Waals surface area contributed by atoms with Crippen LogP contribution in [0.3, 0.4) is 0 Å². The number of primary amides is 1.